The van der Waals surface area contributed by atoms with Crippen molar-refractivity contribution in [2.24, 2.45) is 5.41 Å². The number of nitrogens with one attached hydrogen (secondary N) is 1. The maximum atomic E-state index is 6.35. The lowest BCUT2D eigenvalue weighted by Crippen LogP contribution is -2.47. The van der Waals surface area contributed by atoms with Gasteiger partial charge in [0.15, 0.2) is 0 Å². The molecule has 0 amide bonds. The smallest absolute Gasteiger partial charge is 0.0736 e. The standard InChI is InChI=1S/C17H35NO/c1-6-7-8-9-10-14(2)19-16-13-17(3,4)12-11-15(16)18-5/h14-16,18H,6-13H2,1-5H3. The highest BCUT2D eigenvalue weighted by Gasteiger charge is 2.35. The lowest BCUT2D eigenvalue weighted by atomic mass is 9.74. The molecule has 0 saturated heterocycles. The van der Waals surface area contributed by atoms with Crippen molar-refractivity contribution in [3.05, 3.63) is 0 Å². The highest BCUT2D eigenvalue weighted by Crippen LogP contribution is 2.37. The van der Waals surface area contributed by atoms with Crippen LogP contribution in [-0.2, 0) is 4.74 Å². The number of unbranched alkanes of at least 4 members (excludes halogenated alkanes) is 3. The van der Waals surface area contributed by atoms with Gasteiger partial charge < -0.3 is 10.1 Å². The van der Waals surface area contributed by atoms with Crippen LogP contribution >= 0.6 is 0 Å². The van der Waals surface area contributed by atoms with Gasteiger partial charge in [0.05, 0.1) is 12.2 Å². The van der Waals surface area contributed by atoms with Crippen molar-refractivity contribution in [2.45, 2.75) is 97.3 Å². The van der Waals surface area contributed by atoms with Crippen molar-refractivity contribution < 1.29 is 4.74 Å². The van der Waals surface area contributed by atoms with E-state index >= 15 is 0 Å². The fraction of sp³-hybridized carbons (Fsp3) is 1.00. The summed E-state index contributed by atoms with van der Waals surface area (Å²) in [6.07, 6.45) is 11.1. The fourth-order valence-electron chi connectivity index (χ4n) is 3.22. The Balaban J connectivity index is 2.34. The summed E-state index contributed by atoms with van der Waals surface area (Å²) in [6.45, 7) is 9.27. The van der Waals surface area contributed by atoms with E-state index in [1.54, 1.807) is 0 Å². The molecule has 114 valence electrons. The molecule has 0 aromatic carbocycles. The Bertz CT molecular complexity index is 239. The third kappa shape index (κ3) is 6.27. The average molecular weight is 269 g/mol. The third-order valence-corrected chi connectivity index (χ3v) is 4.58. The number of hydrogen-bond donors (Lipinski definition) is 1. The Morgan fingerprint density at radius 2 is 2.00 bits per heavy atom. The second-order valence-corrected chi connectivity index (χ2v) is 7.14. The summed E-state index contributed by atoms with van der Waals surface area (Å²) in [5.41, 5.74) is 0.444. The maximum Gasteiger partial charge on any atom is 0.0736 e. The predicted molar refractivity (Wildman–Crippen MR) is 83.6 cm³/mol. The van der Waals surface area contributed by atoms with E-state index in [-0.39, 0.29) is 0 Å². The molecule has 3 unspecified atom stereocenters. The van der Waals surface area contributed by atoms with Gasteiger partial charge in [-0.25, -0.2) is 0 Å². The van der Waals surface area contributed by atoms with E-state index in [1.165, 1.54) is 51.4 Å². The van der Waals surface area contributed by atoms with Crippen molar-refractivity contribution in [1.29, 1.82) is 0 Å². The largest absolute Gasteiger partial charge is 0.374 e. The summed E-state index contributed by atoms with van der Waals surface area (Å²) >= 11 is 0. The van der Waals surface area contributed by atoms with Crippen LogP contribution in [0.2, 0.25) is 0 Å². The van der Waals surface area contributed by atoms with Crippen LogP contribution < -0.4 is 5.32 Å². The van der Waals surface area contributed by atoms with E-state index in [1.807, 2.05) is 0 Å². The predicted octanol–water partition coefficient (Wildman–Crippen LogP) is 4.53. The summed E-state index contributed by atoms with van der Waals surface area (Å²) in [4.78, 5) is 0. The Kier molecular flexibility index (Phi) is 7.38. The van der Waals surface area contributed by atoms with Gasteiger partial charge in [-0.2, -0.15) is 0 Å². The zero-order valence-corrected chi connectivity index (χ0v) is 13.8. The lowest BCUT2D eigenvalue weighted by Gasteiger charge is -2.41. The minimum atomic E-state index is 0.398. The van der Waals surface area contributed by atoms with Crippen molar-refractivity contribution >= 4 is 0 Å². The van der Waals surface area contributed by atoms with E-state index in [0.29, 0.717) is 23.7 Å². The Labute approximate surface area is 120 Å². The summed E-state index contributed by atoms with van der Waals surface area (Å²) in [7, 11) is 2.07. The molecule has 0 aliphatic heterocycles. The summed E-state index contributed by atoms with van der Waals surface area (Å²) in [6, 6.07) is 0.547. The first-order valence-electron chi connectivity index (χ1n) is 8.31. The molecule has 2 nitrogen and oxygen atoms in total. The van der Waals surface area contributed by atoms with Crippen molar-refractivity contribution in [3.63, 3.8) is 0 Å². The summed E-state index contributed by atoms with van der Waals surface area (Å²) < 4.78 is 6.35. The van der Waals surface area contributed by atoms with Crippen LogP contribution in [0.5, 0.6) is 0 Å². The van der Waals surface area contributed by atoms with Crippen LogP contribution in [-0.4, -0.2) is 25.3 Å². The zero-order chi connectivity index (χ0) is 14.3. The SMILES string of the molecule is CCCCCCC(C)OC1CC(C)(C)CCC1NC. The van der Waals surface area contributed by atoms with Gasteiger partial charge >= 0.3 is 0 Å². The molecular weight excluding hydrogens is 234 g/mol. The van der Waals surface area contributed by atoms with E-state index in [4.69, 9.17) is 4.74 Å². The minimum Gasteiger partial charge on any atom is -0.374 e. The topological polar surface area (TPSA) is 21.3 Å². The van der Waals surface area contributed by atoms with Crippen LogP contribution in [0.25, 0.3) is 0 Å². The molecule has 0 radical (unpaired) electrons. The normalized spacial score (nSPS) is 28.3. The first kappa shape index (κ1) is 17.0. The first-order valence-corrected chi connectivity index (χ1v) is 8.31. The monoisotopic (exact) mass is 269 g/mol. The van der Waals surface area contributed by atoms with Crippen molar-refractivity contribution in [2.75, 3.05) is 7.05 Å². The quantitative estimate of drug-likeness (QED) is 0.654. The number of rotatable bonds is 8. The molecule has 1 aliphatic rings. The van der Waals surface area contributed by atoms with Crippen LogP contribution in [0, 0.1) is 5.41 Å². The molecular formula is C17H35NO. The van der Waals surface area contributed by atoms with Gasteiger partial charge in [-0.3, -0.25) is 0 Å². The first-order chi connectivity index (χ1) is 8.98. The van der Waals surface area contributed by atoms with E-state index < -0.39 is 0 Å². The van der Waals surface area contributed by atoms with Crippen LogP contribution in [0.1, 0.15) is 79.1 Å². The Morgan fingerprint density at radius 3 is 2.63 bits per heavy atom. The molecule has 0 heterocycles. The Morgan fingerprint density at radius 1 is 1.26 bits per heavy atom. The Hall–Kier alpha value is -0.0800. The van der Waals surface area contributed by atoms with Crippen molar-refractivity contribution in [1.82, 2.24) is 5.32 Å². The lowest BCUT2D eigenvalue weighted by molar-refractivity contribution is -0.0655. The molecule has 1 N–H and O–H groups in total. The van der Waals surface area contributed by atoms with E-state index in [9.17, 15) is 0 Å². The van der Waals surface area contributed by atoms with Gasteiger partial charge in [0.2, 0.25) is 0 Å². The molecule has 1 fully saturated rings. The summed E-state index contributed by atoms with van der Waals surface area (Å²) in [5.74, 6) is 0. The second-order valence-electron chi connectivity index (χ2n) is 7.14. The highest BCUT2D eigenvalue weighted by atomic mass is 16.5. The van der Waals surface area contributed by atoms with Crippen LogP contribution in [0.3, 0.4) is 0 Å². The van der Waals surface area contributed by atoms with Crippen LogP contribution in [0.4, 0.5) is 0 Å². The van der Waals surface area contributed by atoms with Gasteiger partial charge in [0, 0.05) is 6.04 Å². The van der Waals surface area contributed by atoms with Gasteiger partial charge in [0.25, 0.3) is 0 Å². The van der Waals surface area contributed by atoms with Gasteiger partial charge in [-0.05, 0) is 45.1 Å². The van der Waals surface area contributed by atoms with Gasteiger partial charge in [-0.1, -0.05) is 46.5 Å². The molecule has 1 rings (SSSR count). The van der Waals surface area contributed by atoms with Crippen molar-refractivity contribution in [3.8, 4) is 0 Å². The molecule has 2 heteroatoms. The molecule has 0 bridgehead atoms. The molecule has 0 aromatic heterocycles. The van der Waals surface area contributed by atoms with Gasteiger partial charge in [-0.15, -0.1) is 0 Å². The second kappa shape index (κ2) is 8.26. The summed E-state index contributed by atoms with van der Waals surface area (Å²) in [5, 5.41) is 3.45. The zero-order valence-electron chi connectivity index (χ0n) is 13.8. The number of likely N-dealkylation sites (N-methyl/N-ethyl adjacent to an activating group) is 1. The van der Waals surface area contributed by atoms with E-state index in [0.717, 1.165) is 0 Å². The third-order valence-electron chi connectivity index (χ3n) is 4.58. The maximum absolute atomic E-state index is 6.35. The van der Waals surface area contributed by atoms with Crippen LogP contribution in [0.15, 0.2) is 0 Å². The molecule has 1 saturated carbocycles. The molecule has 3 atom stereocenters. The fourth-order valence-corrected chi connectivity index (χ4v) is 3.22. The number of ether oxygens (including phenoxy) is 1. The average Bonchev–Trinajstić information content (AvgIpc) is 2.34. The highest BCUT2D eigenvalue weighted by molar-refractivity contribution is 4.89. The molecule has 19 heavy (non-hydrogen) atoms. The molecule has 0 spiro atoms. The minimum absolute atomic E-state index is 0.398. The molecule has 1 aliphatic carbocycles. The van der Waals surface area contributed by atoms with Gasteiger partial charge in [0.1, 0.15) is 0 Å². The number of hydrogen-bond acceptors (Lipinski definition) is 2. The van der Waals surface area contributed by atoms with E-state index in [2.05, 4.69) is 40.1 Å². The molecule has 0 aromatic rings.